The lowest BCUT2D eigenvalue weighted by atomic mass is 10.1. The maximum absolute atomic E-state index is 11.1. The Balaban J connectivity index is 2.43. The minimum atomic E-state index is -0.0949. The molecule has 1 atom stereocenters. The highest BCUT2D eigenvalue weighted by molar-refractivity contribution is 5.83. The third-order valence-electron chi connectivity index (χ3n) is 2.03. The number of carbonyl (C=O) groups excluding carboxylic acids is 1. The molecule has 1 fully saturated rings. The van der Waals surface area contributed by atoms with Crippen LogP contribution in [0.15, 0.2) is 0 Å². The molecule has 0 unspecified atom stereocenters. The number of hydrogen-bond acceptors (Lipinski definition) is 2. The van der Waals surface area contributed by atoms with Gasteiger partial charge in [0.2, 0.25) is 0 Å². The van der Waals surface area contributed by atoms with Gasteiger partial charge in [-0.1, -0.05) is 12.8 Å². The summed E-state index contributed by atoms with van der Waals surface area (Å²) in [5, 5.41) is 0. The van der Waals surface area contributed by atoms with Crippen molar-refractivity contribution in [2.75, 3.05) is 7.11 Å². The SMILES string of the molecule is CO[C@@H]1CCCCCC1=O. The highest BCUT2D eigenvalue weighted by atomic mass is 16.5. The van der Waals surface area contributed by atoms with Gasteiger partial charge >= 0.3 is 0 Å². The fourth-order valence-corrected chi connectivity index (χ4v) is 1.38. The molecule has 0 aromatic heterocycles. The maximum atomic E-state index is 11.1. The molecule has 1 saturated carbocycles. The number of methoxy groups -OCH3 is 1. The fourth-order valence-electron chi connectivity index (χ4n) is 1.38. The Morgan fingerprint density at radius 2 is 2.20 bits per heavy atom. The summed E-state index contributed by atoms with van der Waals surface area (Å²) in [5.41, 5.74) is 0. The van der Waals surface area contributed by atoms with Crippen LogP contribution in [0, 0.1) is 0 Å². The van der Waals surface area contributed by atoms with Crippen molar-refractivity contribution in [3.05, 3.63) is 0 Å². The number of hydrogen-bond donors (Lipinski definition) is 0. The lowest BCUT2D eigenvalue weighted by Crippen LogP contribution is -2.20. The van der Waals surface area contributed by atoms with E-state index in [1.165, 1.54) is 6.42 Å². The Morgan fingerprint density at radius 1 is 1.40 bits per heavy atom. The van der Waals surface area contributed by atoms with Gasteiger partial charge in [0.05, 0.1) is 0 Å². The molecule has 0 aromatic rings. The van der Waals surface area contributed by atoms with Gasteiger partial charge in [0.25, 0.3) is 0 Å². The summed E-state index contributed by atoms with van der Waals surface area (Å²) in [6.45, 7) is 0. The van der Waals surface area contributed by atoms with Crippen molar-refractivity contribution in [3.63, 3.8) is 0 Å². The molecule has 0 aliphatic heterocycles. The van der Waals surface area contributed by atoms with Crippen LogP contribution in [0.5, 0.6) is 0 Å². The third kappa shape index (κ3) is 1.81. The zero-order valence-electron chi connectivity index (χ0n) is 6.43. The van der Waals surface area contributed by atoms with E-state index < -0.39 is 0 Å². The van der Waals surface area contributed by atoms with E-state index in [1.54, 1.807) is 7.11 Å². The Morgan fingerprint density at radius 3 is 2.90 bits per heavy atom. The third-order valence-corrected chi connectivity index (χ3v) is 2.03. The first-order chi connectivity index (χ1) is 4.84. The number of carbonyl (C=O) groups is 1. The molecular weight excluding hydrogens is 128 g/mol. The van der Waals surface area contributed by atoms with E-state index in [0.717, 1.165) is 25.7 Å². The largest absolute Gasteiger partial charge is 0.374 e. The van der Waals surface area contributed by atoms with Gasteiger partial charge in [0.15, 0.2) is 5.78 Å². The van der Waals surface area contributed by atoms with Crippen LogP contribution in [-0.4, -0.2) is 19.0 Å². The minimum Gasteiger partial charge on any atom is -0.374 e. The Hall–Kier alpha value is -0.370. The first-order valence-corrected chi connectivity index (χ1v) is 3.90. The van der Waals surface area contributed by atoms with Crippen LogP contribution in [0.4, 0.5) is 0 Å². The molecule has 0 amide bonds. The second-order valence-corrected chi connectivity index (χ2v) is 2.79. The molecule has 0 heterocycles. The number of ketones is 1. The van der Waals surface area contributed by atoms with Crippen LogP contribution in [0.1, 0.15) is 32.1 Å². The topological polar surface area (TPSA) is 26.3 Å². The summed E-state index contributed by atoms with van der Waals surface area (Å²) in [6, 6.07) is 0. The Labute approximate surface area is 61.6 Å². The van der Waals surface area contributed by atoms with Crippen LogP contribution in [0.25, 0.3) is 0 Å². The number of ether oxygens (including phenoxy) is 1. The van der Waals surface area contributed by atoms with Crippen molar-refractivity contribution in [1.82, 2.24) is 0 Å². The van der Waals surface area contributed by atoms with Gasteiger partial charge in [-0.2, -0.15) is 0 Å². The van der Waals surface area contributed by atoms with E-state index in [4.69, 9.17) is 4.74 Å². The lowest BCUT2D eigenvalue weighted by Gasteiger charge is -2.08. The summed E-state index contributed by atoms with van der Waals surface area (Å²) in [7, 11) is 1.62. The molecule has 58 valence electrons. The van der Waals surface area contributed by atoms with E-state index >= 15 is 0 Å². The highest BCUT2D eigenvalue weighted by Crippen LogP contribution is 2.16. The molecule has 0 spiro atoms. The average molecular weight is 142 g/mol. The molecule has 0 N–H and O–H groups in total. The zero-order valence-corrected chi connectivity index (χ0v) is 6.43. The van der Waals surface area contributed by atoms with Crippen LogP contribution in [0.2, 0.25) is 0 Å². The minimum absolute atomic E-state index is 0.0949. The lowest BCUT2D eigenvalue weighted by molar-refractivity contribution is -0.128. The van der Waals surface area contributed by atoms with E-state index in [0.29, 0.717) is 5.78 Å². The Bertz CT molecular complexity index is 120. The van der Waals surface area contributed by atoms with E-state index in [1.807, 2.05) is 0 Å². The van der Waals surface area contributed by atoms with Crippen LogP contribution in [0.3, 0.4) is 0 Å². The molecule has 1 aliphatic carbocycles. The summed E-state index contributed by atoms with van der Waals surface area (Å²) in [5.74, 6) is 0.292. The van der Waals surface area contributed by atoms with Crippen LogP contribution < -0.4 is 0 Å². The normalized spacial score (nSPS) is 28.1. The van der Waals surface area contributed by atoms with Crippen molar-refractivity contribution < 1.29 is 9.53 Å². The van der Waals surface area contributed by atoms with Crippen LogP contribution in [-0.2, 0) is 9.53 Å². The second-order valence-electron chi connectivity index (χ2n) is 2.79. The molecule has 1 aliphatic rings. The maximum Gasteiger partial charge on any atom is 0.161 e. The van der Waals surface area contributed by atoms with E-state index in [-0.39, 0.29) is 6.10 Å². The van der Waals surface area contributed by atoms with Gasteiger partial charge in [-0.05, 0) is 12.8 Å². The quantitative estimate of drug-likeness (QED) is 0.519. The van der Waals surface area contributed by atoms with Crippen molar-refractivity contribution >= 4 is 5.78 Å². The van der Waals surface area contributed by atoms with Crippen LogP contribution >= 0.6 is 0 Å². The molecule has 0 saturated heterocycles. The molecule has 2 nitrogen and oxygen atoms in total. The van der Waals surface area contributed by atoms with Gasteiger partial charge in [-0.15, -0.1) is 0 Å². The Kier molecular flexibility index (Phi) is 2.87. The number of Topliss-reactive ketones (excluding diaryl/α,β-unsaturated/α-hetero) is 1. The predicted octanol–water partition coefficient (Wildman–Crippen LogP) is 1.53. The zero-order chi connectivity index (χ0) is 7.40. The monoisotopic (exact) mass is 142 g/mol. The average Bonchev–Trinajstić information content (AvgIpc) is 2.13. The van der Waals surface area contributed by atoms with E-state index in [9.17, 15) is 4.79 Å². The molecule has 0 aromatic carbocycles. The molecule has 0 bridgehead atoms. The van der Waals surface area contributed by atoms with Crippen molar-refractivity contribution in [2.45, 2.75) is 38.2 Å². The summed E-state index contributed by atoms with van der Waals surface area (Å²) < 4.78 is 5.03. The molecular formula is C8H14O2. The highest BCUT2D eigenvalue weighted by Gasteiger charge is 2.19. The smallest absolute Gasteiger partial charge is 0.161 e. The second kappa shape index (κ2) is 3.71. The van der Waals surface area contributed by atoms with Crippen molar-refractivity contribution in [3.8, 4) is 0 Å². The number of rotatable bonds is 1. The fraction of sp³-hybridized carbons (Fsp3) is 0.875. The van der Waals surface area contributed by atoms with Gasteiger partial charge in [-0.25, -0.2) is 0 Å². The molecule has 1 rings (SSSR count). The van der Waals surface area contributed by atoms with Crippen molar-refractivity contribution in [1.29, 1.82) is 0 Å². The first-order valence-electron chi connectivity index (χ1n) is 3.90. The predicted molar refractivity (Wildman–Crippen MR) is 38.9 cm³/mol. The molecule has 2 heteroatoms. The van der Waals surface area contributed by atoms with Gasteiger partial charge < -0.3 is 4.74 Å². The summed E-state index contributed by atoms with van der Waals surface area (Å²) in [6.07, 6.45) is 4.94. The standard InChI is InChI=1S/C8H14O2/c1-10-8-6-4-2-3-5-7(8)9/h8H,2-6H2,1H3/t8-/m1/s1. The summed E-state index contributed by atoms with van der Waals surface area (Å²) >= 11 is 0. The molecule has 0 radical (unpaired) electrons. The van der Waals surface area contributed by atoms with Gasteiger partial charge in [-0.3, -0.25) is 4.79 Å². The van der Waals surface area contributed by atoms with E-state index in [2.05, 4.69) is 0 Å². The van der Waals surface area contributed by atoms with Gasteiger partial charge in [0, 0.05) is 13.5 Å². The first kappa shape index (κ1) is 7.73. The summed E-state index contributed by atoms with van der Waals surface area (Å²) in [4.78, 5) is 11.1. The van der Waals surface area contributed by atoms with Crippen molar-refractivity contribution in [2.24, 2.45) is 0 Å². The molecule has 10 heavy (non-hydrogen) atoms. The van der Waals surface area contributed by atoms with Gasteiger partial charge in [0.1, 0.15) is 6.10 Å².